The molecule has 0 spiro atoms. The summed E-state index contributed by atoms with van der Waals surface area (Å²) in [5.41, 5.74) is 0.815. The molecule has 0 fully saturated rings. The number of hydrogen-bond donors (Lipinski definition) is 1. The number of carboxylic acids is 1. The number of thioether (sulfide) groups is 1. The number of hydrogen-bond acceptors (Lipinski definition) is 2. The maximum atomic E-state index is 13.6. The van der Waals surface area contributed by atoms with Gasteiger partial charge >= 0.3 is 5.97 Å². The van der Waals surface area contributed by atoms with Crippen molar-refractivity contribution in [1.29, 1.82) is 0 Å². The molecule has 0 saturated heterocycles. The Labute approximate surface area is 129 Å². The molecule has 6 heteroatoms. The number of aromatic carboxylic acids is 1. The van der Waals surface area contributed by atoms with E-state index in [-0.39, 0.29) is 10.5 Å². The summed E-state index contributed by atoms with van der Waals surface area (Å²) in [5, 5.41) is 9.98. The number of carbonyl (C=O) groups is 1. The molecule has 104 valence electrons. The third-order valence-corrected chi connectivity index (χ3v) is 4.25. The molecule has 0 heterocycles. The van der Waals surface area contributed by atoms with E-state index in [1.54, 1.807) is 18.2 Å². The SMILES string of the molecule is O=C(O)c1ccc(F)c(SCc2cc(Cl)ccc2Cl)c1. The van der Waals surface area contributed by atoms with E-state index in [1.807, 2.05) is 0 Å². The van der Waals surface area contributed by atoms with Crippen LogP contribution in [-0.2, 0) is 5.75 Å². The summed E-state index contributed by atoms with van der Waals surface area (Å²) in [5.74, 6) is -1.15. The third kappa shape index (κ3) is 3.66. The molecule has 0 atom stereocenters. The van der Waals surface area contributed by atoms with Gasteiger partial charge < -0.3 is 5.11 Å². The van der Waals surface area contributed by atoms with E-state index in [0.717, 1.165) is 11.6 Å². The van der Waals surface area contributed by atoms with E-state index in [2.05, 4.69) is 0 Å². The highest BCUT2D eigenvalue weighted by Crippen LogP contribution is 2.30. The summed E-state index contributed by atoms with van der Waals surface area (Å²) in [6, 6.07) is 8.73. The lowest BCUT2D eigenvalue weighted by atomic mass is 10.2. The van der Waals surface area contributed by atoms with Gasteiger partial charge in [0.15, 0.2) is 0 Å². The highest BCUT2D eigenvalue weighted by Gasteiger charge is 2.10. The quantitative estimate of drug-likeness (QED) is 0.790. The van der Waals surface area contributed by atoms with Crippen LogP contribution in [0, 0.1) is 5.82 Å². The zero-order valence-corrected chi connectivity index (χ0v) is 12.4. The van der Waals surface area contributed by atoms with Crippen molar-refractivity contribution in [2.75, 3.05) is 0 Å². The third-order valence-electron chi connectivity index (χ3n) is 2.57. The summed E-state index contributed by atoms with van der Waals surface area (Å²) in [6.45, 7) is 0. The van der Waals surface area contributed by atoms with Crippen LogP contribution in [0.25, 0.3) is 0 Å². The fraction of sp³-hybridized carbons (Fsp3) is 0.0714. The lowest BCUT2D eigenvalue weighted by Gasteiger charge is -2.07. The number of halogens is 3. The minimum absolute atomic E-state index is 0.0473. The Balaban J connectivity index is 2.20. The van der Waals surface area contributed by atoms with Crippen molar-refractivity contribution >= 4 is 40.9 Å². The van der Waals surface area contributed by atoms with E-state index in [9.17, 15) is 9.18 Å². The highest BCUT2D eigenvalue weighted by atomic mass is 35.5. The minimum Gasteiger partial charge on any atom is -0.478 e. The van der Waals surface area contributed by atoms with Gasteiger partial charge in [-0.1, -0.05) is 23.2 Å². The Hall–Kier alpha value is -1.23. The van der Waals surface area contributed by atoms with Crippen molar-refractivity contribution in [2.24, 2.45) is 0 Å². The summed E-state index contributed by atoms with van der Waals surface area (Å²) in [4.78, 5) is 11.1. The first-order valence-electron chi connectivity index (χ1n) is 5.57. The molecule has 0 unspecified atom stereocenters. The summed E-state index contributed by atoms with van der Waals surface area (Å²) >= 11 is 13.1. The van der Waals surface area contributed by atoms with Crippen LogP contribution < -0.4 is 0 Å². The lowest BCUT2D eigenvalue weighted by molar-refractivity contribution is 0.0696. The van der Waals surface area contributed by atoms with Crippen LogP contribution in [-0.4, -0.2) is 11.1 Å². The van der Waals surface area contributed by atoms with Crippen LogP contribution in [0.1, 0.15) is 15.9 Å². The van der Waals surface area contributed by atoms with Gasteiger partial charge in [0, 0.05) is 20.7 Å². The second-order valence-electron chi connectivity index (χ2n) is 3.97. The zero-order chi connectivity index (χ0) is 14.7. The Bertz CT molecular complexity index is 662. The molecule has 0 amide bonds. The van der Waals surface area contributed by atoms with Crippen molar-refractivity contribution < 1.29 is 14.3 Å². The number of benzene rings is 2. The van der Waals surface area contributed by atoms with Gasteiger partial charge in [-0.05, 0) is 42.0 Å². The summed E-state index contributed by atoms with van der Waals surface area (Å²) < 4.78 is 13.6. The molecule has 2 nitrogen and oxygen atoms in total. The van der Waals surface area contributed by atoms with Crippen molar-refractivity contribution in [3.63, 3.8) is 0 Å². The molecule has 2 aromatic rings. The molecule has 2 aromatic carbocycles. The molecule has 1 N–H and O–H groups in total. The van der Waals surface area contributed by atoms with Crippen LogP contribution in [0.3, 0.4) is 0 Å². The van der Waals surface area contributed by atoms with Crippen LogP contribution >= 0.6 is 35.0 Å². The van der Waals surface area contributed by atoms with Gasteiger partial charge in [0.2, 0.25) is 0 Å². The van der Waals surface area contributed by atoms with Crippen LogP contribution in [0.15, 0.2) is 41.3 Å². The number of rotatable bonds is 4. The van der Waals surface area contributed by atoms with Crippen LogP contribution in [0.4, 0.5) is 4.39 Å². The van der Waals surface area contributed by atoms with Gasteiger partial charge in [-0.15, -0.1) is 11.8 Å². The smallest absolute Gasteiger partial charge is 0.335 e. The topological polar surface area (TPSA) is 37.3 Å². The van der Waals surface area contributed by atoms with E-state index in [4.69, 9.17) is 28.3 Å². The first kappa shape index (κ1) is 15.2. The first-order valence-corrected chi connectivity index (χ1v) is 7.31. The number of carboxylic acid groups (broad SMARTS) is 1. The van der Waals surface area contributed by atoms with Crippen molar-refractivity contribution in [2.45, 2.75) is 10.6 Å². The Morgan fingerprint density at radius 2 is 1.95 bits per heavy atom. The minimum atomic E-state index is -1.09. The molecule has 0 bridgehead atoms. The van der Waals surface area contributed by atoms with Gasteiger partial charge in [-0.2, -0.15) is 0 Å². The molecule has 0 aliphatic rings. The lowest BCUT2D eigenvalue weighted by Crippen LogP contribution is -1.97. The molecule has 0 aromatic heterocycles. The molecule has 2 rings (SSSR count). The van der Waals surface area contributed by atoms with E-state index in [0.29, 0.717) is 15.8 Å². The maximum absolute atomic E-state index is 13.6. The van der Waals surface area contributed by atoms with Crippen molar-refractivity contribution in [3.8, 4) is 0 Å². The average molecular weight is 331 g/mol. The van der Waals surface area contributed by atoms with E-state index in [1.165, 1.54) is 23.9 Å². The fourth-order valence-corrected chi connectivity index (χ4v) is 2.98. The van der Waals surface area contributed by atoms with Crippen molar-refractivity contribution in [3.05, 3.63) is 63.4 Å². The Morgan fingerprint density at radius 1 is 1.20 bits per heavy atom. The van der Waals surface area contributed by atoms with Gasteiger partial charge in [-0.25, -0.2) is 9.18 Å². The first-order chi connectivity index (χ1) is 9.47. The van der Waals surface area contributed by atoms with E-state index >= 15 is 0 Å². The molecular formula is C14H9Cl2FO2S. The zero-order valence-electron chi connectivity index (χ0n) is 10.1. The summed E-state index contributed by atoms with van der Waals surface area (Å²) in [6.07, 6.45) is 0. The molecular weight excluding hydrogens is 322 g/mol. The normalized spacial score (nSPS) is 10.6. The van der Waals surface area contributed by atoms with Crippen LogP contribution in [0.2, 0.25) is 10.0 Å². The predicted molar refractivity (Wildman–Crippen MR) is 79.4 cm³/mol. The fourth-order valence-electron chi connectivity index (χ4n) is 1.56. The second-order valence-corrected chi connectivity index (χ2v) is 5.84. The van der Waals surface area contributed by atoms with E-state index < -0.39 is 11.8 Å². The Kier molecular flexibility index (Phi) is 4.91. The largest absolute Gasteiger partial charge is 0.478 e. The van der Waals surface area contributed by atoms with Crippen molar-refractivity contribution in [1.82, 2.24) is 0 Å². The molecule has 0 radical (unpaired) electrons. The molecule has 0 aliphatic carbocycles. The monoisotopic (exact) mass is 330 g/mol. The average Bonchev–Trinajstić information content (AvgIpc) is 2.41. The van der Waals surface area contributed by atoms with Gasteiger partial charge in [-0.3, -0.25) is 0 Å². The second kappa shape index (κ2) is 6.48. The molecule has 20 heavy (non-hydrogen) atoms. The highest BCUT2D eigenvalue weighted by molar-refractivity contribution is 7.98. The van der Waals surface area contributed by atoms with Gasteiger partial charge in [0.05, 0.1) is 5.56 Å². The summed E-state index contributed by atoms with van der Waals surface area (Å²) in [7, 11) is 0. The van der Waals surface area contributed by atoms with Crippen LogP contribution in [0.5, 0.6) is 0 Å². The molecule has 0 aliphatic heterocycles. The Morgan fingerprint density at radius 3 is 2.65 bits per heavy atom. The maximum Gasteiger partial charge on any atom is 0.335 e. The van der Waals surface area contributed by atoms with Gasteiger partial charge in [0.25, 0.3) is 0 Å². The standard InChI is InChI=1S/C14H9Cl2FO2S/c15-10-2-3-11(16)9(5-10)7-20-13-6-8(14(18)19)1-4-12(13)17/h1-6H,7H2,(H,18,19). The van der Waals surface area contributed by atoms with Gasteiger partial charge in [0.1, 0.15) is 5.82 Å². The predicted octanol–water partition coefficient (Wildman–Crippen LogP) is 5.12. The molecule has 0 saturated carbocycles.